The number of nitrogens with zero attached hydrogens (tertiary/aromatic N) is 1. The van der Waals surface area contributed by atoms with Crippen LogP contribution in [0.25, 0.3) is 11.3 Å². The van der Waals surface area contributed by atoms with Gasteiger partial charge in [0.2, 0.25) is 0 Å². The zero-order chi connectivity index (χ0) is 18.7. The molecule has 0 aliphatic rings. The van der Waals surface area contributed by atoms with E-state index < -0.39 is 5.91 Å². The van der Waals surface area contributed by atoms with Crippen molar-refractivity contribution in [3.8, 4) is 11.3 Å². The van der Waals surface area contributed by atoms with E-state index in [9.17, 15) is 4.79 Å². The highest BCUT2D eigenvalue weighted by Gasteiger charge is 2.14. The summed E-state index contributed by atoms with van der Waals surface area (Å²) in [5, 5.41) is 6.20. The monoisotopic (exact) mass is 449 g/mol. The third kappa shape index (κ3) is 4.49. The summed E-state index contributed by atoms with van der Waals surface area (Å²) in [5.41, 5.74) is 1.63. The first-order chi connectivity index (χ1) is 12.4. The number of halogens is 2. The lowest BCUT2D eigenvalue weighted by Crippen LogP contribution is -2.34. The van der Waals surface area contributed by atoms with Crippen molar-refractivity contribution in [2.24, 2.45) is 0 Å². The van der Waals surface area contributed by atoms with Crippen LogP contribution in [0.1, 0.15) is 16.2 Å². The molecule has 0 spiro atoms. The van der Waals surface area contributed by atoms with E-state index in [1.54, 1.807) is 30.3 Å². The lowest BCUT2D eigenvalue weighted by Gasteiger charge is -2.09. The standard InChI is InChI=1S/C18H13BrClN3O2S/c1-10-13(19)6-9-16(21-10)22-18(26)23-17(24)15-8-7-14(25-15)11-2-4-12(20)5-3-11/h2-9H,1H3,(H2,21,22,23,24,26). The molecule has 3 aromatic rings. The molecule has 1 aromatic carbocycles. The summed E-state index contributed by atoms with van der Waals surface area (Å²) < 4.78 is 6.48. The Labute approximate surface area is 168 Å². The van der Waals surface area contributed by atoms with Gasteiger partial charge in [0.05, 0.1) is 5.69 Å². The highest BCUT2D eigenvalue weighted by molar-refractivity contribution is 9.10. The zero-order valence-corrected chi connectivity index (χ0v) is 16.7. The largest absolute Gasteiger partial charge is 0.451 e. The van der Waals surface area contributed by atoms with E-state index in [0.29, 0.717) is 16.6 Å². The number of carbonyl (C=O) groups is 1. The molecule has 0 aliphatic carbocycles. The van der Waals surface area contributed by atoms with Crippen molar-refractivity contribution in [2.75, 3.05) is 5.32 Å². The van der Waals surface area contributed by atoms with Crippen LogP contribution >= 0.6 is 39.7 Å². The van der Waals surface area contributed by atoms with E-state index in [1.807, 2.05) is 25.1 Å². The van der Waals surface area contributed by atoms with Crippen molar-refractivity contribution in [3.63, 3.8) is 0 Å². The van der Waals surface area contributed by atoms with Crippen LogP contribution in [0.3, 0.4) is 0 Å². The van der Waals surface area contributed by atoms with Crippen LogP contribution in [0.2, 0.25) is 5.02 Å². The Kier molecular flexibility index (Phi) is 5.70. The number of carbonyl (C=O) groups excluding carboxylic acids is 1. The number of furan rings is 1. The fourth-order valence-corrected chi connectivity index (χ4v) is 2.70. The number of pyridine rings is 1. The molecule has 26 heavy (non-hydrogen) atoms. The average Bonchev–Trinajstić information content (AvgIpc) is 3.09. The number of rotatable bonds is 3. The average molecular weight is 451 g/mol. The van der Waals surface area contributed by atoms with Gasteiger partial charge in [-0.1, -0.05) is 11.6 Å². The Morgan fingerprint density at radius 3 is 2.58 bits per heavy atom. The predicted molar refractivity (Wildman–Crippen MR) is 110 cm³/mol. The molecule has 0 aliphatic heterocycles. The second-order valence-corrected chi connectivity index (χ2v) is 7.04. The summed E-state index contributed by atoms with van der Waals surface area (Å²) in [4.78, 5) is 16.6. The molecule has 3 rings (SSSR count). The van der Waals surface area contributed by atoms with Crippen molar-refractivity contribution >= 4 is 56.6 Å². The molecule has 0 fully saturated rings. The molecular formula is C18H13BrClN3O2S. The number of thiocarbonyl (C=S) groups is 1. The van der Waals surface area contributed by atoms with Crippen molar-refractivity contribution in [3.05, 3.63) is 69.5 Å². The highest BCUT2D eigenvalue weighted by atomic mass is 79.9. The quantitative estimate of drug-likeness (QED) is 0.537. The Balaban J connectivity index is 1.65. The molecule has 5 nitrogen and oxygen atoms in total. The topological polar surface area (TPSA) is 67.2 Å². The fraction of sp³-hybridized carbons (Fsp3) is 0.0556. The Bertz CT molecular complexity index is 973. The number of nitrogens with one attached hydrogen (secondary N) is 2. The third-order valence-corrected chi connectivity index (χ3v) is 4.74. The minimum Gasteiger partial charge on any atom is -0.451 e. The molecule has 2 aromatic heterocycles. The smallest absolute Gasteiger partial charge is 0.293 e. The van der Waals surface area contributed by atoms with E-state index in [4.69, 9.17) is 28.2 Å². The van der Waals surface area contributed by atoms with Crippen LogP contribution in [0.5, 0.6) is 0 Å². The van der Waals surface area contributed by atoms with Gasteiger partial charge >= 0.3 is 0 Å². The highest BCUT2D eigenvalue weighted by Crippen LogP contribution is 2.23. The van der Waals surface area contributed by atoms with Crippen molar-refractivity contribution < 1.29 is 9.21 Å². The summed E-state index contributed by atoms with van der Waals surface area (Å²) in [6, 6.07) is 14.0. The maximum atomic E-state index is 12.3. The summed E-state index contributed by atoms with van der Waals surface area (Å²) in [6.07, 6.45) is 0. The van der Waals surface area contributed by atoms with Gasteiger partial charge in [-0.2, -0.15) is 0 Å². The van der Waals surface area contributed by atoms with Gasteiger partial charge in [0.1, 0.15) is 11.6 Å². The Morgan fingerprint density at radius 1 is 1.15 bits per heavy atom. The number of anilines is 1. The molecule has 2 N–H and O–H groups in total. The summed E-state index contributed by atoms with van der Waals surface area (Å²) in [5.74, 6) is 0.809. The van der Waals surface area contributed by atoms with Crippen LogP contribution in [-0.2, 0) is 0 Å². The van der Waals surface area contributed by atoms with Gasteiger partial charge in [-0.25, -0.2) is 4.98 Å². The van der Waals surface area contributed by atoms with Gasteiger partial charge in [-0.15, -0.1) is 0 Å². The normalized spacial score (nSPS) is 10.4. The number of aromatic nitrogens is 1. The molecule has 0 saturated carbocycles. The van der Waals surface area contributed by atoms with Crippen LogP contribution in [-0.4, -0.2) is 16.0 Å². The van der Waals surface area contributed by atoms with E-state index in [-0.39, 0.29) is 10.9 Å². The van der Waals surface area contributed by atoms with E-state index in [2.05, 4.69) is 31.5 Å². The van der Waals surface area contributed by atoms with Gasteiger partial charge in [0, 0.05) is 15.1 Å². The summed E-state index contributed by atoms with van der Waals surface area (Å²) >= 11 is 14.4. The fourth-order valence-electron chi connectivity index (χ4n) is 2.16. The van der Waals surface area contributed by atoms with E-state index in [1.165, 1.54) is 0 Å². The van der Waals surface area contributed by atoms with Crippen LogP contribution in [0, 0.1) is 6.92 Å². The summed E-state index contributed by atoms with van der Waals surface area (Å²) in [6.45, 7) is 1.86. The maximum absolute atomic E-state index is 12.3. The first-order valence-electron chi connectivity index (χ1n) is 7.53. The third-order valence-electron chi connectivity index (χ3n) is 3.45. The Morgan fingerprint density at radius 2 is 1.88 bits per heavy atom. The second kappa shape index (κ2) is 7.99. The van der Waals surface area contributed by atoms with Gasteiger partial charge in [0.25, 0.3) is 5.91 Å². The van der Waals surface area contributed by atoms with E-state index in [0.717, 1.165) is 15.7 Å². The van der Waals surface area contributed by atoms with Crippen molar-refractivity contribution in [2.45, 2.75) is 6.92 Å². The number of aryl methyl sites for hydroxylation is 1. The molecule has 0 saturated heterocycles. The first-order valence-corrected chi connectivity index (χ1v) is 9.11. The zero-order valence-electron chi connectivity index (χ0n) is 13.5. The van der Waals surface area contributed by atoms with Crippen LogP contribution < -0.4 is 10.6 Å². The van der Waals surface area contributed by atoms with Gasteiger partial charge < -0.3 is 9.73 Å². The van der Waals surface area contributed by atoms with Crippen molar-refractivity contribution in [1.82, 2.24) is 10.3 Å². The number of amides is 1. The minimum absolute atomic E-state index is 0.133. The predicted octanol–water partition coefficient (Wildman–Crippen LogP) is 5.19. The minimum atomic E-state index is -0.448. The van der Waals surface area contributed by atoms with Crippen LogP contribution in [0.15, 0.2) is 57.4 Å². The first kappa shape index (κ1) is 18.6. The molecule has 2 heterocycles. The lowest BCUT2D eigenvalue weighted by atomic mass is 10.2. The lowest BCUT2D eigenvalue weighted by molar-refractivity contribution is 0.0951. The molecule has 0 unspecified atom stereocenters. The van der Waals surface area contributed by atoms with Gasteiger partial charge in [-0.05, 0) is 83.6 Å². The number of hydrogen-bond donors (Lipinski definition) is 2. The van der Waals surface area contributed by atoms with Gasteiger partial charge in [-0.3, -0.25) is 10.1 Å². The Hall–Kier alpha value is -2.22. The summed E-state index contributed by atoms with van der Waals surface area (Å²) in [7, 11) is 0. The molecule has 0 atom stereocenters. The molecule has 0 radical (unpaired) electrons. The molecule has 0 bridgehead atoms. The van der Waals surface area contributed by atoms with Crippen LogP contribution in [0.4, 0.5) is 5.82 Å². The number of benzene rings is 1. The number of hydrogen-bond acceptors (Lipinski definition) is 4. The van der Waals surface area contributed by atoms with Gasteiger partial charge in [0.15, 0.2) is 10.9 Å². The second-order valence-electron chi connectivity index (χ2n) is 5.34. The molecular weight excluding hydrogens is 438 g/mol. The van der Waals surface area contributed by atoms with Crippen molar-refractivity contribution in [1.29, 1.82) is 0 Å². The molecule has 132 valence electrons. The maximum Gasteiger partial charge on any atom is 0.293 e. The van der Waals surface area contributed by atoms with E-state index >= 15 is 0 Å². The molecule has 8 heteroatoms. The molecule has 1 amide bonds. The SMILES string of the molecule is Cc1nc(NC(=S)NC(=O)c2ccc(-c3ccc(Cl)cc3)o2)ccc1Br.